The smallest absolute Gasteiger partial charge is 0.315 e. The van der Waals surface area contributed by atoms with E-state index in [1.807, 2.05) is 27.7 Å². The molecule has 0 spiro atoms. The van der Waals surface area contributed by atoms with Crippen molar-refractivity contribution in [3.05, 3.63) is 48.6 Å². The van der Waals surface area contributed by atoms with Crippen LogP contribution in [0.25, 0.3) is 0 Å². The average Bonchev–Trinajstić information content (AvgIpc) is 2.67. The lowest BCUT2D eigenvalue weighted by Crippen LogP contribution is -2.32. The predicted molar refractivity (Wildman–Crippen MR) is 115 cm³/mol. The van der Waals surface area contributed by atoms with Crippen molar-refractivity contribution in [3.63, 3.8) is 0 Å². The Bertz CT molecular complexity index is 1070. The minimum atomic E-state index is -0.552. The fraction of sp³-hybridized carbons (Fsp3) is 0.474. The highest BCUT2D eigenvalue weighted by atomic mass is 32.1. The standard InChI is InChI=1S/C19H25N5O5S/c1-6-7-8-29-15-13(24(26)27)9-12(10-14(15)28-5)11-20-23-17(25)16(19(2,3)4)21-22-18(23)30/h9-11H,6-8H2,1-5H3,(H,22,30)/b20-11-. The van der Waals surface area contributed by atoms with Gasteiger partial charge in [-0.2, -0.15) is 14.9 Å². The van der Waals surface area contributed by atoms with Gasteiger partial charge in [0.25, 0.3) is 5.56 Å². The molecule has 1 N–H and O–H groups in total. The maximum atomic E-state index is 12.7. The summed E-state index contributed by atoms with van der Waals surface area (Å²) in [7, 11) is 1.39. The molecule has 2 aromatic rings. The number of nitrogens with zero attached hydrogens (tertiary/aromatic N) is 4. The molecule has 0 saturated heterocycles. The van der Waals surface area contributed by atoms with E-state index in [4.69, 9.17) is 21.7 Å². The summed E-state index contributed by atoms with van der Waals surface area (Å²) >= 11 is 5.11. The van der Waals surface area contributed by atoms with Crippen LogP contribution in [0.1, 0.15) is 51.8 Å². The number of aromatic amines is 1. The summed E-state index contributed by atoms with van der Waals surface area (Å²) in [6, 6.07) is 2.85. The molecule has 2 rings (SSSR count). The van der Waals surface area contributed by atoms with Crippen molar-refractivity contribution in [1.82, 2.24) is 14.9 Å². The van der Waals surface area contributed by atoms with Crippen LogP contribution in [0.4, 0.5) is 5.69 Å². The lowest BCUT2D eigenvalue weighted by molar-refractivity contribution is -0.386. The second-order valence-electron chi connectivity index (χ2n) is 7.52. The zero-order valence-corrected chi connectivity index (χ0v) is 18.4. The minimum absolute atomic E-state index is 0.00485. The van der Waals surface area contributed by atoms with Crippen molar-refractivity contribution in [1.29, 1.82) is 0 Å². The molecule has 0 atom stereocenters. The van der Waals surface area contributed by atoms with Gasteiger partial charge in [-0.25, -0.2) is 0 Å². The van der Waals surface area contributed by atoms with Crippen LogP contribution in [0.2, 0.25) is 0 Å². The number of nitro benzene ring substituents is 1. The molecule has 0 aliphatic rings. The Hall–Kier alpha value is -3.08. The van der Waals surface area contributed by atoms with E-state index >= 15 is 0 Å². The number of H-pyrrole nitrogens is 1. The van der Waals surface area contributed by atoms with Gasteiger partial charge in [-0.3, -0.25) is 20.0 Å². The van der Waals surface area contributed by atoms with Crippen LogP contribution in [-0.2, 0) is 5.41 Å². The molecule has 0 bridgehead atoms. The molecule has 10 nitrogen and oxygen atoms in total. The molecule has 1 aromatic carbocycles. The Labute approximate surface area is 178 Å². The molecule has 0 aliphatic carbocycles. The number of hydrogen-bond donors (Lipinski definition) is 1. The van der Waals surface area contributed by atoms with Crippen LogP contribution in [0.15, 0.2) is 22.0 Å². The van der Waals surface area contributed by atoms with E-state index in [2.05, 4.69) is 15.3 Å². The SMILES string of the molecule is CCCCOc1c(OC)cc(/C=N\n2c(=S)[nH]nc(C(C)(C)C)c2=O)cc1[N+](=O)[O-]. The summed E-state index contributed by atoms with van der Waals surface area (Å²) in [6.07, 6.45) is 2.93. The van der Waals surface area contributed by atoms with Crippen molar-refractivity contribution >= 4 is 24.1 Å². The molecule has 1 heterocycles. The van der Waals surface area contributed by atoms with E-state index in [9.17, 15) is 14.9 Å². The highest BCUT2D eigenvalue weighted by Crippen LogP contribution is 2.38. The number of nitro groups is 1. The summed E-state index contributed by atoms with van der Waals surface area (Å²) in [5.41, 5.74) is -0.640. The van der Waals surface area contributed by atoms with Crippen molar-refractivity contribution < 1.29 is 14.4 Å². The number of nitrogens with one attached hydrogen (secondary N) is 1. The number of ether oxygens (including phenoxy) is 2. The summed E-state index contributed by atoms with van der Waals surface area (Å²) in [5, 5.41) is 22.3. The Morgan fingerprint density at radius 1 is 1.40 bits per heavy atom. The first-order valence-electron chi connectivity index (χ1n) is 9.36. The fourth-order valence-corrected chi connectivity index (χ4v) is 2.72. The van der Waals surface area contributed by atoms with E-state index in [1.54, 1.807) is 6.07 Å². The number of hydrogen-bond acceptors (Lipinski definition) is 8. The van der Waals surface area contributed by atoms with Gasteiger partial charge in [-0.1, -0.05) is 34.1 Å². The van der Waals surface area contributed by atoms with Crippen LogP contribution in [-0.4, -0.2) is 39.7 Å². The predicted octanol–water partition coefficient (Wildman–Crippen LogP) is 3.58. The number of benzene rings is 1. The first kappa shape index (κ1) is 23.2. The van der Waals surface area contributed by atoms with Crippen molar-refractivity contribution in [3.8, 4) is 11.5 Å². The highest BCUT2D eigenvalue weighted by molar-refractivity contribution is 7.71. The number of aromatic nitrogens is 3. The molecule has 0 radical (unpaired) electrons. The third-order valence-corrected chi connectivity index (χ3v) is 4.37. The summed E-state index contributed by atoms with van der Waals surface area (Å²) in [4.78, 5) is 23.7. The van der Waals surface area contributed by atoms with Gasteiger partial charge >= 0.3 is 5.69 Å². The zero-order chi connectivity index (χ0) is 22.5. The minimum Gasteiger partial charge on any atom is -0.493 e. The molecular weight excluding hydrogens is 410 g/mol. The lowest BCUT2D eigenvalue weighted by Gasteiger charge is -2.16. The number of unbranched alkanes of at least 4 members (excludes halogenated alkanes) is 1. The van der Waals surface area contributed by atoms with E-state index in [-0.39, 0.29) is 27.7 Å². The van der Waals surface area contributed by atoms with Crippen LogP contribution in [0.5, 0.6) is 11.5 Å². The Morgan fingerprint density at radius 2 is 2.10 bits per heavy atom. The summed E-state index contributed by atoms with van der Waals surface area (Å²) < 4.78 is 11.8. The highest BCUT2D eigenvalue weighted by Gasteiger charge is 2.23. The van der Waals surface area contributed by atoms with Crippen molar-refractivity contribution in [2.45, 2.75) is 46.0 Å². The second kappa shape index (κ2) is 9.61. The Morgan fingerprint density at radius 3 is 2.67 bits per heavy atom. The summed E-state index contributed by atoms with van der Waals surface area (Å²) in [5.74, 6) is 0.255. The molecule has 0 aliphatic heterocycles. The second-order valence-corrected chi connectivity index (χ2v) is 7.91. The van der Waals surface area contributed by atoms with E-state index in [0.717, 1.165) is 17.5 Å². The van der Waals surface area contributed by atoms with Crippen molar-refractivity contribution in [2.24, 2.45) is 5.10 Å². The molecule has 1 aromatic heterocycles. The Kier molecular flexibility index (Phi) is 7.43. The molecule has 11 heteroatoms. The van der Waals surface area contributed by atoms with E-state index < -0.39 is 15.9 Å². The number of rotatable bonds is 8. The van der Waals surface area contributed by atoms with Gasteiger partial charge in [0.2, 0.25) is 10.5 Å². The van der Waals surface area contributed by atoms with Gasteiger partial charge in [-0.05, 0) is 24.7 Å². The topological polar surface area (TPSA) is 125 Å². The van der Waals surface area contributed by atoms with Gasteiger partial charge in [0.05, 0.1) is 24.9 Å². The van der Waals surface area contributed by atoms with Gasteiger partial charge in [0.1, 0.15) is 5.69 Å². The first-order chi connectivity index (χ1) is 14.1. The third kappa shape index (κ3) is 5.29. The fourth-order valence-electron chi connectivity index (χ4n) is 2.54. The molecule has 30 heavy (non-hydrogen) atoms. The Balaban J connectivity index is 2.53. The normalized spacial score (nSPS) is 11.6. The maximum Gasteiger partial charge on any atom is 0.315 e. The lowest BCUT2D eigenvalue weighted by atomic mass is 9.93. The monoisotopic (exact) mass is 435 g/mol. The van der Waals surface area contributed by atoms with Crippen LogP contribution in [0.3, 0.4) is 0 Å². The largest absolute Gasteiger partial charge is 0.493 e. The van der Waals surface area contributed by atoms with Gasteiger partial charge in [-0.15, -0.1) is 0 Å². The first-order valence-corrected chi connectivity index (χ1v) is 9.76. The van der Waals surface area contributed by atoms with Crippen LogP contribution >= 0.6 is 12.2 Å². The molecular formula is C19H25N5O5S. The molecule has 162 valence electrons. The van der Waals surface area contributed by atoms with Gasteiger partial charge in [0, 0.05) is 17.0 Å². The zero-order valence-electron chi connectivity index (χ0n) is 17.6. The molecule has 0 saturated carbocycles. The molecule has 0 unspecified atom stereocenters. The quantitative estimate of drug-likeness (QED) is 0.221. The number of methoxy groups -OCH3 is 1. The summed E-state index contributed by atoms with van der Waals surface area (Å²) in [6.45, 7) is 7.84. The average molecular weight is 436 g/mol. The van der Waals surface area contributed by atoms with E-state index in [0.29, 0.717) is 12.2 Å². The van der Waals surface area contributed by atoms with Gasteiger partial charge < -0.3 is 9.47 Å². The van der Waals surface area contributed by atoms with Crippen LogP contribution in [0, 0.1) is 14.9 Å². The van der Waals surface area contributed by atoms with Crippen molar-refractivity contribution in [2.75, 3.05) is 13.7 Å². The third-order valence-electron chi connectivity index (χ3n) is 4.10. The molecule has 0 amide bonds. The maximum absolute atomic E-state index is 12.7. The van der Waals surface area contributed by atoms with Crippen LogP contribution < -0.4 is 15.0 Å². The van der Waals surface area contributed by atoms with Gasteiger partial charge in [0.15, 0.2) is 5.75 Å². The molecule has 0 fully saturated rings. The van der Waals surface area contributed by atoms with E-state index in [1.165, 1.54) is 19.4 Å².